The monoisotopic (exact) mass is 232 g/mol. The van der Waals surface area contributed by atoms with Crippen LogP contribution in [0.4, 0.5) is 0 Å². The Bertz CT molecular complexity index is 176. The molecule has 0 aromatic heterocycles. The Morgan fingerprint density at radius 3 is 1.94 bits per heavy atom. The maximum Gasteiger partial charge on any atom is 0.309 e. The minimum atomic E-state index is -0.302. The van der Waals surface area contributed by atoms with E-state index in [0.717, 1.165) is 6.42 Å². The lowest BCUT2D eigenvalue weighted by Crippen LogP contribution is -2.26. The standard InChI is InChI=1S/C12H24O4/c1-5-10(12(13)16-8-4)9-11(14-6-2)15-7-3/h10-11H,5-9H2,1-4H3. The van der Waals surface area contributed by atoms with Crippen molar-refractivity contribution >= 4 is 5.97 Å². The highest BCUT2D eigenvalue weighted by Gasteiger charge is 2.23. The van der Waals surface area contributed by atoms with Gasteiger partial charge in [-0.3, -0.25) is 4.79 Å². The molecule has 1 atom stereocenters. The fraction of sp³-hybridized carbons (Fsp3) is 0.917. The van der Waals surface area contributed by atoms with Gasteiger partial charge in [-0.1, -0.05) is 6.92 Å². The van der Waals surface area contributed by atoms with Crippen molar-refractivity contribution in [1.29, 1.82) is 0 Å². The smallest absolute Gasteiger partial charge is 0.309 e. The van der Waals surface area contributed by atoms with Gasteiger partial charge < -0.3 is 14.2 Å². The van der Waals surface area contributed by atoms with Crippen LogP contribution in [0.2, 0.25) is 0 Å². The van der Waals surface area contributed by atoms with E-state index in [1.165, 1.54) is 0 Å². The first-order valence-electron chi connectivity index (χ1n) is 6.09. The third-order valence-corrected chi connectivity index (χ3v) is 2.29. The molecular formula is C12H24O4. The van der Waals surface area contributed by atoms with E-state index in [4.69, 9.17) is 14.2 Å². The molecule has 0 aromatic rings. The highest BCUT2D eigenvalue weighted by Crippen LogP contribution is 2.16. The molecule has 0 amide bonds. The van der Waals surface area contributed by atoms with Crippen molar-refractivity contribution in [1.82, 2.24) is 0 Å². The summed E-state index contributed by atoms with van der Waals surface area (Å²) in [5.41, 5.74) is 0. The van der Waals surface area contributed by atoms with E-state index in [0.29, 0.717) is 26.2 Å². The summed E-state index contributed by atoms with van der Waals surface area (Å²) in [4.78, 5) is 11.6. The van der Waals surface area contributed by atoms with Crippen molar-refractivity contribution < 1.29 is 19.0 Å². The summed E-state index contributed by atoms with van der Waals surface area (Å²) in [5.74, 6) is -0.294. The number of carbonyl (C=O) groups excluding carboxylic acids is 1. The van der Waals surface area contributed by atoms with E-state index >= 15 is 0 Å². The zero-order chi connectivity index (χ0) is 12.4. The zero-order valence-corrected chi connectivity index (χ0v) is 10.8. The van der Waals surface area contributed by atoms with Crippen molar-refractivity contribution in [3.8, 4) is 0 Å². The molecular weight excluding hydrogens is 208 g/mol. The summed E-state index contributed by atoms with van der Waals surface area (Å²) in [6, 6.07) is 0. The normalized spacial score (nSPS) is 12.8. The summed E-state index contributed by atoms with van der Waals surface area (Å²) < 4.78 is 15.8. The third kappa shape index (κ3) is 6.08. The summed E-state index contributed by atoms with van der Waals surface area (Å²) in [6.07, 6.45) is 1.01. The van der Waals surface area contributed by atoms with Crippen LogP contribution in [0, 0.1) is 5.92 Å². The van der Waals surface area contributed by atoms with Crippen LogP contribution in [-0.2, 0) is 19.0 Å². The van der Waals surface area contributed by atoms with Gasteiger partial charge >= 0.3 is 5.97 Å². The second-order valence-electron chi connectivity index (χ2n) is 3.43. The number of hydrogen-bond acceptors (Lipinski definition) is 4. The zero-order valence-electron chi connectivity index (χ0n) is 10.8. The van der Waals surface area contributed by atoms with Gasteiger partial charge in [0.15, 0.2) is 6.29 Å². The molecule has 0 heterocycles. The van der Waals surface area contributed by atoms with Crippen LogP contribution >= 0.6 is 0 Å². The van der Waals surface area contributed by atoms with Crippen LogP contribution in [-0.4, -0.2) is 32.1 Å². The number of carbonyl (C=O) groups is 1. The minimum absolute atomic E-state index is 0.136. The van der Waals surface area contributed by atoms with Crippen LogP contribution in [0.1, 0.15) is 40.5 Å². The molecule has 0 aliphatic carbocycles. The van der Waals surface area contributed by atoms with Crippen molar-refractivity contribution in [2.75, 3.05) is 19.8 Å². The number of hydrogen-bond donors (Lipinski definition) is 0. The van der Waals surface area contributed by atoms with Crippen molar-refractivity contribution in [3.05, 3.63) is 0 Å². The molecule has 0 fully saturated rings. The van der Waals surface area contributed by atoms with Gasteiger partial charge in [0.2, 0.25) is 0 Å². The lowest BCUT2D eigenvalue weighted by atomic mass is 10.0. The number of rotatable bonds is 9. The molecule has 4 nitrogen and oxygen atoms in total. The van der Waals surface area contributed by atoms with Gasteiger partial charge in [-0.15, -0.1) is 0 Å². The fourth-order valence-corrected chi connectivity index (χ4v) is 1.48. The van der Waals surface area contributed by atoms with Gasteiger partial charge in [0.25, 0.3) is 0 Å². The number of ether oxygens (including phenoxy) is 3. The van der Waals surface area contributed by atoms with Gasteiger partial charge in [-0.25, -0.2) is 0 Å². The van der Waals surface area contributed by atoms with Crippen molar-refractivity contribution in [2.45, 2.75) is 46.8 Å². The molecule has 1 unspecified atom stereocenters. The van der Waals surface area contributed by atoms with E-state index in [2.05, 4.69) is 0 Å². The first kappa shape index (κ1) is 15.4. The fourth-order valence-electron chi connectivity index (χ4n) is 1.48. The topological polar surface area (TPSA) is 44.8 Å². The molecule has 16 heavy (non-hydrogen) atoms. The Hall–Kier alpha value is -0.610. The van der Waals surface area contributed by atoms with Crippen molar-refractivity contribution in [3.63, 3.8) is 0 Å². The maximum absolute atomic E-state index is 11.6. The van der Waals surface area contributed by atoms with Gasteiger partial charge in [0.1, 0.15) is 0 Å². The lowest BCUT2D eigenvalue weighted by molar-refractivity contribution is -0.164. The molecule has 0 rings (SSSR count). The van der Waals surface area contributed by atoms with Crippen molar-refractivity contribution in [2.24, 2.45) is 5.92 Å². The highest BCUT2D eigenvalue weighted by molar-refractivity contribution is 5.72. The largest absolute Gasteiger partial charge is 0.466 e. The molecule has 4 heteroatoms. The van der Waals surface area contributed by atoms with Gasteiger partial charge in [0.05, 0.1) is 12.5 Å². The summed E-state index contributed by atoms with van der Waals surface area (Å²) >= 11 is 0. The van der Waals surface area contributed by atoms with Crippen LogP contribution in [0.3, 0.4) is 0 Å². The molecule has 0 saturated heterocycles. The predicted molar refractivity (Wildman–Crippen MR) is 62.1 cm³/mol. The lowest BCUT2D eigenvalue weighted by Gasteiger charge is -2.21. The third-order valence-electron chi connectivity index (χ3n) is 2.29. The molecule has 0 N–H and O–H groups in total. The Morgan fingerprint density at radius 2 is 1.56 bits per heavy atom. The average molecular weight is 232 g/mol. The minimum Gasteiger partial charge on any atom is -0.466 e. The molecule has 0 radical (unpaired) electrons. The van der Waals surface area contributed by atoms with Crippen LogP contribution < -0.4 is 0 Å². The van der Waals surface area contributed by atoms with E-state index in [-0.39, 0.29) is 18.2 Å². The van der Waals surface area contributed by atoms with E-state index in [9.17, 15) is 4.79 Å². The van der Waals surface area contributed by atoms with E-state index in [1.54, 1.807) is 0 Å². The van der Waals surface area contributed by atoms with Crippen LogP contribution in [0.15, 0.2) is 0 Å². The molecule has 0 spiro atoms. The molecule has 96 valence electrons. The first-order valence-corrected chi connectivity index (χ1v) is 6.09. The van der Waals surface area contributed by atoms with Gasteiger partial charge in [0, 0.05) is 19.6 Å². The van der Waals surface area contributed by atoms with E-state index in [1.807, 2.05) is 27.7 Å². The van der Waals surface area contributed by atoms with Crippen LogP contribution in [0.25, 0.3) is 0 Å². The van der Waals surface area contributed by atoms with Gasteiger partial charge in [-0.2, -0.15) is 0 Å². The second-order valence-corrected chi connectivity index (χ2v) is 3.43. The Labute approximate surface area is 98.3 Å². The molecule has 0 bridgehead atoms. The van der Waals surface area contributed by atoms with Crippen LogP contribution in [0.5, 0.6) is 0 Å². The van der Waals surface area contributed by atoms with E-state index < -0.39 is 0 Å². The number of esters is 1. The molecule has 0 aliphatic heterocycles. The van der Waals surface area contributed by atoms with Gasteiger partial charge in [-0.05, 0) is 27.2 Å². The Morgan fingerprint density at radius 1 is 1.00 bits per heavy atom. The highest BCUT2D eigenvalue weighted by atomic mass is 16.7. The quantitative estimate of drug-likeness (QED) is 0.452. The Balaban J connectivity index is 4.18. The average Bonchev–Trinajstić information content (AvgIpc) is 2.26. The molecule has 0 aliphatic rings. The maximum atomic E-state index is 11.6. The molecule has 0 aromatic carbocycles. The predicted octanol–water partition coefficient (Wildman–Crippen LogP) is 2.36. The summed E-state index contributed by atoms with van der Waals surface area (Å²) in [6.45, 7) is 9.20. The summed E-state index contributed by atoms with van der Waals surface area (Å²) in [5, 5.41) is 0. The SMILES string of the molecule is CCOC(=O)C(CC)CC(OCC)OCC. The molecule has 0 saturated carbocycles. The second kappa shape index (κ2) is 9.60. The first-order chi connectivity index (χ1) is 7.69. The summed E-state index contributed by atoms with van der Waals surface area (Å²) in [7, 11) is 0. The Kier molecular flexibility index (Phi) is 9.24.